The summed E-state index contributed by atoms with van der Waals surface area (Å²) in [5.74, 6) is -0.140. The molecule has 1 N–H and O–H groups in total. The molecular weight excluding hydrogens is 354 g/mol. The van der Waals surface area contributed by atoms with Crippen LogP contribution < -0.4 is 10.1 Å². The van der Waals surface area contributed by atoms with Crippen molar-refractivity contribution in [2.75, 3.05) is 19.6 Å². The number of carbonyl (C=O) groups is 1. The quantitative estimate of drug-likeness (QED) is 0.820. The first kappa shape index (κ1) is 21.0. The molecular formula is C17H25Cl2FN2O2. The van der Waals surface area contributed by atoms with Crippen LogP contribution in [0.3, 0.4) is 0 Å². The Morgan fingerprint density at radius 1 is 1.46 bits per heavy atom. The molecule has 4 nitrogen and oxygen atoms in total. The first-order valence-corrected chi connectivity index (χ1v) is 8.53. The monoisotopic (exact) mass is 378 g/mol. The number of halogens is 3. The Kier molecular flexibility index (Phi) is 8.81. The molecule has 1 saturated heterocycles. The maximum Gasteiger partial charge on any atom is 0.263 e. The van der Waals surface area contributed by atoms with Crippen molar-refractivity contribution in [1.82, 2.24) is 10.2 Å². The fourth-order valence-electron chi connectivity index (χ4n) is 2.88. The van der Waals surface area contributed by atoms with Crippen molar-refractivity contribution >= 4 is 29.9 Å². The van der Waals surface area contributed by atoms with Gasteiger partial charge in [0, 0.05) is 12.6 Å². The van der Waals surface area contributed by atoms with Crippen molar-refractivity contribution < 1.29 is 13.9 Å². The second-order valence-electron chi connectivity index (χ2n) is 5.85. The zero-order valence-corrected chi connectivity index (χ0v) is 15.6. The molecule has 1 atom stereocenters. The minimum absolute atomic E-state index is 0. The highest BCUT2D eigenvalue weighted by molar-refractivity contribution is 6.32. The topological polar surface area (TPSA) is 41.6 Å². The first-order valence-electron chi connectivity index (χ1n) is 8.15. The second kappa shape index (κ2) is 10.1. The van der Waals surface area contributed by atoms with Gasteiger partial charge in [0.25, 0.3) is 5.91 Å². The van der Waals surface area contributed by atoms with E-state index in [1.165, 1.54) is 18.2 Å². The van der Waals surface area contributed by atoms with E-state index in [-0.39, 0.29) is 29.4 Å². The molecule has 0 bridgehead atoms. The van der Waals surface area contributed by atoms with E-state index in [2.05, 4.69) is 12.2 Å². The van der Waals surface area contributed by atoms with E-state index >= 15 is 0 Å². The third-order valence-corrected chi connectivity index (χ3v) is 4.34. The highest BCUT2D eigenvalue weighted by Crippen LogP contribution is 2.26. The van der Waals surface area contributed by atoms with Gasteiger partial charge in [0.1, 0.15) is 11.6 Å². The molecule has 1 heterocycles. The van der Waals surface area contributed by atoms with Gasteiger partial charge in [-0.15, -0.1) is 12.4 Å². The Morgan fingerprint density at radius 2 is 2.12 bits per heavy atom. The molecule has 1 aromatic rings. The van der Waals surface area contributed by atoms with Crippen molar-refractivity contribution in [3.8, 4) is 5.75 Å². The van der Waals surface area contributed by atoms with E-state index < -0.39 is 11.9 Å². The summed E-state index contributed by atoms with van der Waals surface area (Å²) in [5, 5.41) is 3.48. The van der Waals surface area contributed by atoms with E-state index in [1.54, 1.807) is 6.92 Å². The van der Waals surface area contributed by atoms with E-state index in [0.717, 1.165) is 32.4 Å². The summed E-state index contributed by atoms with van der Waals surface area (Å²) in [5.41, 5.74) is 0. The summed E-state index contributed by atoms with van der Waals surface area (Å²) >= 11 is 5.97. The Morgan fingerprint density at radius 3 is 2.71 bits per heavy atom. The third-order valence-electron chi connectivity index (χ3n) is 4.04. The lowest BCUT2D eigenvalue weighted by Gasteiger charge is -2.36. The maximum atomic E-state index is 13.1. The number of nitrogens with zero attached hydrogens (tertiary/aromatic N) is 1. The number of amides is 1. The molecule has 2 rings (SSSR count). The number of ether oxygens (including phenoxy) is 1. The van der Waals surface area contributed by atoms with E-state index in [0.29, 0.717) is 12.3 Å². The van der Waals surface area contributed by atoms with Crippen molar-refractivity contribution in [3.05, 3.63) is 29.0 Å². The number of nitrogens with one attached hydrogen (secondary N) is 1. The molecule has 1 unspecified atom stereocenters. The van der Waals surface area contributed by atoms with Gasteiger partial charge in [0.05, 0.1) is 5.02 Å². The lowest BCUT2D eigenvalue weighted by atomic mass is 10.0. The molecule has 1 amide bonds. The minimum atomic E-state index is -0.653. The molecule has 1 aromatic carbocycles. The predicted octanol–water partition coefficient (Wildman–Crippen LogP) is 3.66. The molecule has 7 heteroatoms. The van der Waals surface area contributed by atoms with Gasteiger partial charge >= 0.3 is 0 Å². The highest BCUT2D eigenvalue weighted by Gasteiger charge is 2.29. The van der Waals surface area contributed by atoms with Gasteiger partial charge in [-0.25, -0.2) is 4.39 Å². The molecule has 0 aromatic heterocycles. The first-order chi connectivity index (χ1) is 11.0. The number of hydrogen-bond donors (Lipinski definition) is 1. The van der Waals surface area contributed by atoms with Crippen molar-refractivity contribution in [2.24, 2.45) is 0 Å². The van der Waals surface area contributed by atoms with Crippen molar-refractivity contribution in [1.29, 1.82) is 0 Å². The SMILES string of the molecule is CCCN(C(=O)C(C)Oc1ccc(F)cc1Cl)C1CCNCC1.Cl. The molecule has 136 valence electrons. The summed E-state index contributed by atoms with van der Waals surface area (Å²) in [6.07, 6.45) is 2.16. The molecule has 1 aliphatic heterocycles. The van der Waals surface area contributed by atoms with Crippen LogP contribution in [-0.4, -0.2) is 42.6 Å². The van der Waals surface area contributed by atoms with Crippen molar-refractivity contribution in [3.63, 3.8) is 0 Å². The van der Waals surface area contributed by atoms with Crippen LogP contribution in [-0.2, 0) is 4.79 Å². The number of benzene rings is 1. The fourth-order valence-corrected chi connectivity index (χ4v) is 3.09. The summed E-state index contributed by atoms with van der Waals surface area (Å²) in [6.45, 7) is 6.35. The Labute approximate surface area is 154 Å². The molecule has 0 radical (unpaired) electrons. The summed E-state index contributed by atoms with van der Waals surface area (Å²) in [7, 11) is 0. The molecule has 0 aliphatic carbocycles. The zero-order chi connectivity index (χ0) is 16.8. The van der Waals surface area contributed by atoms with Gasteiger partial charge in [0.15, 0.2) is 6.10 Å². The number of hydrogen-bond acceptors (Lipinski definition) is 3. The van der Waals surface area contributed by atoms with Gasteiger partial charge in [-0.05, 0) is 57.5 Å². The van der Waals surface area contributed by atoms with Gasteiger partial charge < -0.3 is 15.0 Å². The lowest BCUT2D eigenvalue weighted by Crippen LogP contribution is -2.50. The summed E-state index contributed by atoms with van der Waals surface area (Å²) in [6, 6.07) is 4.16. The van der Waals surface area contributed by atoms with Gasteiger partial charge in [0.2, 0.25) is 0 Å². The van der Waals surface area contributed by atoms with Gasteiger partial charge in [-0.2, -0.15) is 0 Å². The number of rotatable bonds is 6. The van der Waals surface area contributed by atoms with E-state index in [1.807, 2.05) is 4.90 Å². The average molecular weight is 379 g/mol. The fraction of sp³-hybridized carbons (Fsp3) is 0.588. The Hall–Kier alpha value is -1.04. The zero-order valence-electron chi connectivity index (χ0n) is 14.1. The third kappa shape index (κ3) is 5.50. The number of carbonyl (C=O) groups excluding carboxylic acids is 1. The Balaban J connectivity index is 0.00000288. The Bertz CT molecular complexity index is 539. The van der Waals surface area contributed by atoms with E-state index in [4.69, 9.17) is 16.3 Å². The second-order valence-corrected chi connectivity index (χ2v) is 6.25. The minimum Gasteiger partial charge on any atom is -0.479 e. The van der Waals surface area contributed by atoms with Crippen LogP contribution in [0.25, 0.3) is 0 Å². The van der Waals surface area contributed by atoms with E-state index in [9.17, 15) is 9.18 Å². The molecule has 1 fully saturated rings. The van der Waals surface area contributed by atoms with Gasteiger partial charge in [-0.3, -0.25) is 4.79 Å². The van der Waals surface area contributed by atoms with Crippen LogP contribution in [0, 0.1) is 5.82 Å². The van der Waals surface area contributed by atoms with Crippen LogP contribution in [0.2, 0.25) is 5.02 Å². The van der Waals surface area contributed by atoms with Crippen LogP contribution >= 0.6 is 24.0 Å². The summed E-state index contributed by atoms with van der Waals surface area (Å²) < 4.78 is 18.8. The van der Waals surface area contributed by atoms with Crippen molar-refractivity contribution in [2.45, 2.75) is 45.3 Å². The molecule has 24 heavy (non-hydrogen) atoms. The standard InChI is InChI=1S/C17H24ClFN2O2.ClH/c1-3-10-21(14-6-8-20-9-7-14)17(22)12(2)23-16-5-4-13(19)11-15(16)18;/h4-5,11-12,14,20H,3,6-10H2,1-2H3;1H. The van der Waals surface area contributed by atoms with Crippen LogP contribution in [0.1, 0.15) is 33.1 Å². The molecule has 0 spiro atoms. The number of piperidine rings is 1. The highest BCUT2D eigenvalue weighted by atomic mass is 35.5. The lowest BCUT2D eigenvalue weighted by molar-refractivity contribution is -0.141. The summed E-state index contributed by atoms with van der Waals surface area (Å²) in [4.78, 5) is 14.7. The normalized spacial score (nSPS) is 16.2. The maximum absolute atomic E-state index is 13.1. The largest absolute Gasteiger partial charge is 0.479 e. The average Bonchev–Trinajstić information content (AvgIpc) is 2.55. The predicted molar refractivity (Wildman–Crippen MR) is 96.6 cm³/mol. The smallest absolute Gasteiger partial charge is 0.263 e. The van der Waals surface area contributed by atoms with Gasteiger partial charge in [-0.1, -0.05) is 18.5 Å². The van der Waals surface area contributed by atoms with Crippen LogP contribution in [0.15, 0.2) is 18.2 Å². The van der Waals surface area contributed by atoms with Crippen LogP contribution in [0.4, 0.5) is 4.39 Å². The molecule has 1 aliphatic rings. The molecule has 0 saturated carbocycles. The van der Waals surface area contributed by atoms with Crippen LogP contribution in [0.5, 0.6) is 5.75 Å².